The molecule has 1 aliphatic heterocycles. The number of carboxylic acids is 1. The van der Waals surface area contributed by atoms with Crippen LogP contribution in [0.1, 0.15) is 20.8 Å². The summed E-state index contributed by atoms with van der Waals surface area (Å²) in [5.41, 5.74) is 0.970. The van der Waals surface area contributed by atoms with E-state index in [9.17, 15) is 13.2 Å². The second-order valence-electron chi connectivity index (χ2n) is 3.20. The molecule has 4 nitrogen and oxygen atoms in total. The van der Waals surface area contributed by atoms with Gasteiger partial charge in [0, 0.05) is 10.3 Å². The summed E-state index contributed by atoms with van der Waals surface area (Å²) in [7, 11) is -2.99. The number of aromatic carboxylic acids is 1. The molecule has 0 spiro atoms. The lowest BCUT2D eigenvalue weighted by atomic mass is 10.1. The minimum absolute atomic E-state index is 0.000278. The van der Waals surface area contributed by atoms with Crippen LogP contribution in [0.15, 0.2) is 5.38 Å². The molecule has 2 heterocycles. The fourth-order valence-electron chi connectivity index (χ4n) is 1.53. The summed E-state index contributed by atoms with van der Waals surface area (Å²) in [5, 5.41) is 10.3. The van der Waals surface area contributed by atoms with Gasteiger partial charge in [0.05, 0.1) is 17.1 Å². The molecule has 0 saturated heterocycles. The summed E-state index contributed by atoms with van der Waals surface area (Å²) < 4.78 is 22.5. The second kappa shape index (κ2) is 3.06. The van der Waals surface area contributed by atoms with E-state index in [1.807, 2.05) is 0 Å². The third kappa shape index (κ3) is 1.55. The highest BCUT2D eigenvalue weighted by Crippen LogP contribution is 2.29. The largest absolute Gasteiger partial charge is 0.478 e. The van der Waals surface area contributed by atoms with Crippen LogP contribution in [0.3, 0.4) is 0 Å². The first-order chi connectivity index (χ1) is 6.49. The molecule has 2 rings (SSSR count). The molecule has 0 aromatic carbocycles. The van der Waals surface area contributed by atoms with Gasteiger partial charge in [-0.05, 0) is 12.0 Å². The normalized spacial score (nSPS) is 18.9. The minimum Gasteiger partial charge on any atom is -0.478 e. The van der Waals surface area contributed by atoms with E-state index in [-0.39, 0.29) is 17.1 Å². The van der Waals surface area contributed by atoms with E-state index >= 15 is 0 Å². The fraction of sp³-hybridized carbons (Fsp3) is 0.375. The summed E-state index contributed by atoms with van der Waals surface area (Å²) in [6, 6.07) is 0. The molecule has 6 heteroatoms. The van der Waals surface area contributed by atoms with Crippen molar-refractivity contribution in [3.8, 4) is 0 Å². The number of hydrogen-bond acceptors (Lipinski definition) is 4. The standard InChI is InChI=1S/C8H8O4S2/c9-8(10)6-3-13-7-4-14(11,12)2-1-5(6)7/h3H,1-2,4H2,(H,9,10). The Labute approximate surface area is 85.1 Å². The van der Waals surface area contributed by atoms with Crippen molar-refractivity contribution in [1.82, 2.24) is 0 Å². The number of carbonyl (C=O) groups is 1. The van der Waals surface area contributed by atoms with Gasteiger partial charge in [-0.25, -0.2) is 13.2 Å². The molecule has 0 saturated carbocycles. The van der Waals surface area contributed by atoms with Gasteiger partial charge in [0.25, 0.3) is 0 Å². The van der Waals surface area contributed by atoms with Gasteiger partial charge in [-0.3, -0.25) is 0 Å². The molecule has 0 aliphatic carbocycles. The average molecular weight is 232 g/mol. The quantitative estimate of drug-likeness (QED) is 0.781. The first kappa shape index (κ1) is 9.67. The molecule has 1 N–H and O–H groups in total. The zero-order chi connectivity index (χ0) is 10.3. The Morgan fingerprint density at radius 2 is 2.21 bits per heavy atom. The predicted octanol–water partition coefficient (Wildman–Crippen LogP) is 0.917. The SMILES string of the molecule is O=C(O)c1csc2c1CCS(=O)(=O)C2. The summed E-state index contributed by atoms with van der Waals surface area (Å²) in [4.78, 5) is 11.4. The van der Waals surface area contributed by atoms with Crippen molar-refractivity contribution < 1.29 is 18.3 Å². The number of rotatable bonds is 1. The van der Waals surface area contributed by atoms with E-state index in [2.05, 4.69) is 0 Å². The smallest absolute Gasteiger partial charge is 0.336 e. The Balaban J connectivity index is 2.49. The molecule has 76 valence electrons. The van der Waals surface area contributed by atoms with Gasteiger partial charge in [0.15, 0.2) is 9.84 Å². The number of hydrogen-bond donors (Lipinski definition) is 1. The van der Waals surface area contributed by atoms with E-state index in [4.69, 9.17) is 5.11 Å². The molecular weight excluding hydrogens is 224 g/mol. The maximum atomic E-state index is 11.3. The van der Waals surface area contributed by atoms with E-state index in [0.29, 0.717) is 16.9 Å². The maximum Gasteiger partial charge on any atom is 0.336 e. The Morgan fingerprint density at radius 3 is 2.86 bits per heavy atom. The molecule has 0 fully saturated rings. The van der Waals surface area contributed by atoms with Crippen LogP contribution in [0, 0.1) is 0 Å². The van der Waals surface area contributed by atoms with Crippen molar-refractivity contribution >= 4 is 27.1 Å². The highest BCUT2D eigenvalue weighted by atomic mass is 32.2. The molecule has 0 atom stereocenters. The third-order valence-corrected chi connectivity index (χ3v) is 4.99. The van der Waals surface area contributed by atoms with Crippen LogP contribution in [-0.4, -0.2) is 25.2 Å². The summed E-state index contributed by atoms with van der Waals surface area (Å²) in [6.07, 6.45) is 0.336. The van der Waals surface area contributed by atoms with Crippen molar-refractivity contribution in [2.75, 3.05) is 5.75 Å². The molecule has 0 amide bonds. The number of sulfone groups is 1. The summed E-state index contributed by atoms with van der Waals surface area (Å²) in [5.74, 6) is -0.904. The Hall–Kier alpha value is -0.880. The average Bonchev–Trinajstić information content (AvgIpc) is 2.44. The summed E-state index contributed by atoms with van der Waals surface area (Å²) in [6.45, 7) is 0. The minimum atomic E-state index is -2.99. The van der Waals surface area contributed by atoms with Gasteiger partial charge in [-0.1, -0.05) is 0 Å². The predicted molar refractivity (Wildman–Crippen MR) is 52.5 cm³/mol. The lowest BCUT2D eigenvalue weighted by molar-refractivity contribution is 0.0696. The van der Waals surface area contributed by atoms with Gasteiger partial charge in [0.1, 0.15) is 0 Å². The van der Waals surface area contributed by atoms with Gasteiger partial charge >= 0.3 is 5.97 Å². The fourth-order valence-corrected chi connectivity index (χ4v) is 4.43. The Morgan fingerprint density at radius 1 is 1.50 bits per heavy atom. The highest BCUT2D eigenvalue weighted by molar-refractivity contribution is 7.90. The zero-order valence-corrected chi connectivity index (χ0v) is 8.82. The molecule has 14 heavy (non-hydrogen) atoms. The number of thiophene rings is 1. The monoisotopic (exact) mass is 232 g/mol. The topological polar surface area (TPSA) is 71.4 Å². The van der Waals surface area contributed by atoms with Crippen molar-refractivity contribution in [2.45, 2.75) is 12.2 Å². The number of carboxylic acid groups (broad SMARTS) is 1. The van der Waals surface area contributed by atoms with Gasteiger partial charge in [-0.15, -0.1) is 11.3 Å². The third-order valence-electron chi connectivity index (χ3n) is 2.23. The molecule has 1 aromatic rings. The maximum absolute atomic E-state index is 11.3. The van der Waals surface area contributed by atoms with Gasteiger partial charge in [-0.2, -0.15) is 0 Å². The highest BCUT2D eigenvalue weighted by Gasteiger charge is 2.26. The molecule has 0 radical (unpaired) electrons. The van der Waals surface area contributed by atoms with Crippen LogP contribution in [-0.2, 0) is 22.0 Å². The van der Waals surface area contributed by atoms with Crippen LogP contribution in [0.5, 0.6) is 0 Å². The van der Waals surface area contributed by atoms with Crippen molar-refractivity contribution in [3.63, 3.8) is 0 Å². The van der Waals surface area contributed by atoms with Crippen molar-refractivity contribution in [1.29, 1.82) is 0 Å². The van der Waals surface area contributed by atoms with Gasteiger partial charge < -0.3 is 5.11 Å². The van der Waals surface area contributed by atoms with Crippen LogP contribution >= 0.6 is 11.3 Å². The summed E-state index contributed by atoms with van der Waals surface area (Å²) >= 11 is 1.22. The van der Waals surface area contributed by atoms with Crippen LogP contribution in [0.2, 0.25) is 0 Å². The lowest BCUT2D eigenvalue weighted by Gasteiger charge is -2.12. The van der Waals surface area contributed by atoms with E-state index in [1.54, 1.807) is 0 Å². The zero-order valence-electron chi connectivity index (χ0n) is 7.19. The number of fused-ring (bicyclic) bond motifs is 1. The molecule has 1 aliphatic rings. The Bertz CT molecular complexity index is 483. The molecular formula is C8H8O4S2. The molecule has 0 unspecified atom stereocenters. The van der Waals surface area contributed by atoms with Crippen molar-refractivity contribution in [2.24, 2.45) is 0 Å². The lowest BCUT2D eigenvalue weighted by Crippen LogP contribution is -2.18. The van der Waals surface area contributed by atoms with E-state index in [0.717, 1.165) is 0 Å². The van der Waals surface area contributed by atoms with Crippen LogP contribution in [0.4, 0.5) is 0 Å². The van der Waals surface area contributed by atoms with E-state index < -0.39 is 15.8 Å². The first-order valence-electron chi connectivity index (χ1n) is 4.02. The van der Waals surface area contributed by atoms with Crippen LogP contribution in [0.25, 0.3) is 0 Å². The first-order valence-corrected chi connectivity index (χ1v) is 6.73. The molecule has 1 aromatic heterocycles. The van der Waals surface area contributed by atoms with Crippen LogP contribution < -0.4 is 0 Å². The van der Waals surface area contributed by atoms with Crippen molar-refractivity contribution in [3.05, 3.63) is 21.4 Å². The second-order valence-corrected chi connectivity index (χ2v) is 6.35. The Kier molecular flexibility index (Phi) is 2.11. The molecule has 0 bridgehead atoms. The van der Waals surface area contributed by atoms with Gasteiger partial charge in [0.2, 0.25) is 0 Å². The van der Waals surface area contributed by atoms with E-state index in [1.165, 1.54) is 16.7 Å².